The summed E-state index contributed by atoms with van der Waals surface area (Å²) in [5.41, 5.74) is 0. The fourth-order valence-corrected chi connectivity index (χ4v) is 3.19. The van der Waals surface area contributed by atoms with Crippen LogP contribution in [0.4, 0.5) is 0 Å². The number of hydrogen-bond acceptors (Lipinski definition) is 0. The summed E-state index contributed by atoms with van der Waals surface area (Å²) in [6.07, 6.45) is 5.36. The highest BCUT2D eigenvalue weighted by molar-refractivity contribution is 4.72. The molecule has 2 heteroatoms. The molecule has 15 heavy (non-hydrogen) atoms. The van der Waals surface area contributed by atoms with E-state index in [1.807, 2.05) is 0 Å². The Labute approximate surface area is 93.7 Å². The van der Waals surface area contributed by atoms with Crippen LogP contribution in [-0.4, -0.2) is 61.3 Å². The standard InChI is InChI=1S/C13H24N2/c1-3-5-7-15-11-8-14(6-4-2,9-12-15)10-13-15/h3-4H,1-2,5-13H2/q+2. The van der Waals surface area contributed by atoms with Crippen LogP contribution in [0.2, 0.25) is 0 Å². The Bertz CT molecular complexity index is 233. The Morgan fingerprint density at radius 2 is 1.33 bits per heavy atom. The van der Waals surface area contributed by atoms with Gasteiger partial charge in [0.25, 0.3) is 0 Å². The van der Waals surface area contributed by atoms with Gasteiger partial charge in [-0.25, -0.2) is 0 Å². The first kappa shape index (κ1) is 10.9. The summed E-state index contributed by atoms with van der Waals surface area (Å²) in [5, 5.41) is 0. The molecule has 3 fully saturated rings. The van der Waals surface area contributed by atoms with Crippen LogP contribution in [0, 0.1) is 0 Å². The molecule has 3 aliphatic heterocycles. The molecule has 0 unspecified atom stereocenters. The molecule has 0 aromatic rings. The van der Waals surface area contributed by atoms with Gasteiger partial charge in [0.05, 0.1) is 13.1 Å². The fourth-order valence-electron chi connectivity index (χ4n) is 3.19. The van der Waals surface area contributed by atoms with Crippen molar-refractivity contribution in [3.05, 3.63) is 25.3 Å². The summed E-state index contributed by atoms with van der Waals surface area (Å²) in [6, 6.07) is 0. The smallest absolute Gasteiger partial charge is 0.129 e. The third-order valence-corrected chi connectivity index (χ3v) is 4.47. The van der Waals surface area contributed by atoms with Crippen molar-refractivity contribution in [1.82, 2.24) is 0 Å². The van der Waals surface area contributed by atoms with E-state index in [2.05, 4.69) is 25.3 Å². The third-order valence-electron chi connectivity index (χ3n) is 4.47. The highest BCUT2D eigenvalue weighted by Crippen LogP contribution is 2.26. The number of hydrogen-bond donors (Lipinski definition) is 0. The Morgan fingerprint density at radius 1 is 0.800 bits per heavy atom. The Balaban J connectivity index is 1.97. The van der Waals surface area contributed by atoms with Crippen LogP contribution >= 0.6 is 0 Å². The number of quaternary nitrogens is 2. The number of nitrogens with zero attached hydrogens (tertiary/aromatic N) is 2. The summed E-state index contributed by atoms with van der Waals surface area (Å²) in [6.45, 7) is 18.5. The van der Waals surface area contributed by atoms with Crippen LogP contribution < -0.4 is 0 Å². The molecule has 0 radical (unpaired) electrons. The molecule has 0 spiro atoms. The molecule has 0 N–H and O–H groups in total. The van der Waals surface area contributed by atoms with E-state index in [4.69, 9.17) is 0 Å². The molecule has 3 saturated heterocycles. The summed E-state index contributed by atoms with van der Waals surface area (Å²) in [7, 11) is 0. The Hall–Kier alpha value is -0.600. The van der Waals surface area contributed by atoms with Crippen molar-refractivity contribution < 1.29 is 8.97 Å². The molecule has 0 saturated carbocycles. The van der Waals surface area contributed by atoms with Gasteiger partial charge < -0.3 is 8.97 Å². The predicted octanol–water partition coefficient (Wildman–Crippen LogP) is 1.41. The van der Waals surface area contributed by atoms with Gasteiger partial charge in [-0.3, -0.25) is 0 Å². The van der Waals surface area contributed by atoms with Crippen molar-refractivity contribution in [2.45, 2.75) is 6.42 Å². The molecule has 0 atom stereocenters. The largest absolute Gasteiger partial charge is 0.309 e. The fraction of sp³-hybridized carbons (Fsp3) is 0.692. The first-order valence-electron chi connectivity index (χ1n) is 6.16. The molecule has 0 aromatic heterocycles. The van der Waals surface area contributed by atoms with E-state index in [1.54, 1.807) is 0 Å². The lowest BCUT2D eigenvalue weighted by atomic mass is 10.1. The van der Waals surface area contributed by atoms with E-state index in [0.29, 0.717) is 0 Å². The van der Waals surface area contributed by atoms with E-state index >= 15 is 0 Å². The van der Waals surface area contributed by atoms with Crippen LogP contribution in [0.15, 0.2) is 25.3 Å². The molecular formula is C13H24N2+2. The van der Waals surface area contributed by atoms with E-state index in [0.717, 1.165) is 0 Å². The van der Waals surface area contributed by atoms with Crippen molar-refractivity contribution in [3.8, 4) is 0 Å². The lowest BCUT2D eigenvalue weighted by Crippen LogP contribution is -2.75. The maximum Gasteiger partial charge on any atom is 0.129 e. The second-order valence-corrected chi connectivity index (χ2v) is 5.30. The van der Waals surface area contributed by atoms with E-state index in [9.17, 15) is 0 Å². The first-order chi connectivity index (χ1) is 7.24. The SMILES string of the molecule is C=CCC[N+]12CC[N+](CC=C)(CC1)CC2. The van der Waals surface area contributed by atoms with Gasteiger partial charge in [0.1, 0.15) is 39.3 Å². The summed E-state index contributed by atoms with van der Waals surface area (Å²) >= 11 is 0. The average molecular weight is 208 g/mol. The third kappa shape index (κ3) is 2.01. The predicted molar refractivity (Wildman–Crippen MR) is 64.5 cm³/mol. The normalized spacial score (nSPS) is 38.9. The lowest BCUT2D eigenvalue weighted by molar-refractivity contribution is -1.08. The van der Waals surface area contributed by atoms with Gasteiger partial charge in [0, 0.05) is 6.42 Å². The molecule has 2 nitrogen and oxygen atoms in total. The number of rotatable bonds is 5. The van der Waals surface area contributed by atoms with Crippen LogP contribution in [0.1, 0.15) is 6.42 Å². The summed E-state index contributed by atoms with van der Waals surface area (Å²) in [5.74, 6) is 0. The zero-order valence-electron chi connectivity index (χ0n) is 9.83. The van der Waals surface area contributed by atoms with Crippen molar-refractivity contribution in [1.29, 1.82) is 0 Å². The van der Waals surface area contributed by atoms with Gasteiger partial charge in [0.2, 0.25) is 0 Å². The maximum atomic E-state index is 3.90. The number of piperazine rings is 3. The second kappa shape index (κ2) is 4.11. The van der Waals surface area contributed by atoms with Crippen LogP contribution in [-0.2, 0) is 0 Å². The Kier molecular flexibility index (Phi) is 2.98. The zero-order chi connectivity index (χ0) is 10.8. The molecule has 3 aliphatic rings. The first-order valence-corrected chi connectivity index (χ1v) is 6.16. The van der Waals surface area contributed by atoms with E-state index < -0.39 is 0 Å². The van der Waals surface area contributed by atoms with Gasteiger partial charge in [-0.15, -0.1) is 6.58 Å². The van der Waals surface area contributed by atoms with E-state index in [1.165, 1.54) is 67.7 Å². The van der Waals surface area contributed by atoms with Crippen LogP contribution in [0.25, 0.3) is 0 Å². The quantitative estimate of drug-likeness (QED) is 0.473. The highest BCUT2D eigenvalue weighted by atomic mass is 15.5. The van der Waals surface area contributed by atoms with Crippen molar-refractivity contribution in [3.63, 3.8) is 0 Å². The van der Waals surface area contributed by atoms with Crippen LogP contribution in [0.5, 0.6) is 0 Å². The summed E-state index contributed by atoms with van der Waals surface area (Å²) in [4.78, 5) is 0. The molecule has 0 amide bonds. The molecule has 2 bridgehead atoms. The topological polar surface area (TPSA) is 0 Å². The molecule has 3 heterocycles. The van der Waals surface area contributed by atoms with Crippen LogP contribution in [0.3, 0.4) is 0 Å². The summed E-state index contributed by atoms with van der Waals surface area (Å²) < 4.78 is 2.68. The van der Waals surface area contributed by atoms with Gasteiger partial charge in [0.15, 0.2) is 0 Å². The Morgan fingerprint density at radius 3 is 1.80 bits per heavy atom. The zero-order valence-corrected chi connectivity index (χ0v) is 9.83. The lowest BCUT2D eigenvalue weighted by Gasteiger charge is -2.55. The number of fused-ring (bicyclic) bond motifs is 3. The second-order valence-electron chi connectivity index (χ2n) is 5.30. The van der Waals surface area contributed by atoms with Gasteiger partial charge in [-0.2, -0.15) is 0 Å². The molecule has 0 aromatic carbocycles. The minimum Gasteiger partial charge on any atom is -0.309 e. The van der Waals surface area contributed by atoms with Gasteiger partial charge in [-0.05, 0) is 6.08 Å². The van der Waals surface area contributed by atoms with Crippen molar-refractivity contribution in [2.24, 2.45) is 0 Å². The molecule has 3 rings (SSSR count). The molecule has 0 aliphatic carbocycles. The highest BCUT2D eigenvalue weighted by Gasteiger charge is 2.47. The maximum absolute atomic E-state index is 3.90. The minimum absolute atomic E-state index is 1.18. The monoisotopic (exact) mass is 208 g/mol. The molecular weight excluding hydrogens is 184 g/mol. The van der Waals surface area contributed by atoms with E-state index in [-0.39, 0.29) is 0 Å². The average Bonchev–Trinajstić information content (AvgIpc) is 2.29. The minimum atomic E-state index is 1.18. The van der Waals surface area contributed by atoms with Crippen molar-refractivity contribution in [2.75, 3.05) is 52.4 Å². The molecule has 84 valence electrons. The van der Waals surface area contributed by atoms with Gasteiger partial charge >= 0.3 is 0 Å². The van der Waals surface area contributed by atoms with Crippen molar-refractivity contribution >= 4 is 0 Å². The van der Waals surface area contributed by atoms with Gasteiger partial charge in [-0.1, -0.05) is 12.7 Å².